The van der Waals surface area contributed by atoms with Crippen molar-refractivity contribution < 1.29 is 24.1 Å². The molecular formula is C31H54N4O5. The zero-order valence-corrected chi connectivity index (χ0v) is 25.0. The molecule has 1 aromatic rings. The molecule has 1 saturated carbocycles. The lowest BCUT2D eigenvalue weighted by Gasteiger charge is -2.38. The van der Waals surface area contributed by atoms with E-state index in [2.05, 4.69) is 46.6 Å². The Labute approximate surface area is 241 Å². The van der Waals surface area contributed by atoms with Crippen LogP contribution in [-0.4, -0.2) is 69.3 Å². The summed E-state index contributed by atoms with van der Waals surface area (Å²) >= 11 is 0. The quantitative estimate of drug-likeness (QED) is 0.175. The molecule has 0 aromatic carbocycles. The van der Waals surface area contributed by atoms with Gasteiger partial charge in [0.25, 0.3) is 0 Å². The molecule has 3 aliphatic rings. The number of hydrogen-bond acceptors (Lipinski definition) is 8. The van der Waals surface area contributed by atoms with Gasteiger partial charge in [0.15, 0.2) is 12.6 Å². The molecular weight excluding hydrogens is 508 g/mol. The zero-order chi connectivity index (χ0) is 28.0. The lowest BCUT2D eigenvalue weighted by molar-refractivity contribution is -0.227. The summed E-state index contributed by atoms with van der Waals surface area (Å²) in [4.78, 5) is 0. The van der Waals surface area contributed by atoms with Crippen molar-refractivity contribution in [1.29, 1.82) is 0 Å². The number of allylic oxidation sites excluding steroid dienone is 2. The molecule has 40 heavy (non-hydrogen) atoms. The Bertz CT molecular complexity index is 828. The Hall–Kier alpha value is -1.39. The second-order valence-electron chi connectivity index (χ2n) is 12.4. The maximum Gasteiger partial charge on any atom is 0.158 e. The van der Waals surface area contributed by atoms with Gasteiger partial charge in [0.1, 0.15) is 5.82 Å². The number of unbranched alkanes of at least 4 members (excludes halogenated alkanes) is 3. The van der Waals surface area contributed by atoms with Crippen LogP contribution in [-0.2, 0) is 25.4 Å². The number of rotatable bonds is 17. The zero-order valence-electron chi connectivity index (χ0n) is 25.0. The molecule has 0 spiro atoms. The van der Waals surface area contributed by atoms with E-state index in [0.717, 1.165) is 96.1 Å². The molecule has 0 radical (unpaired) electrons. The smallest absolute Gasteiger partial charge is 0.158 e. The number of ether oxygens (including phenoxy) is 4. The molecule has 2 aliphatic heterocycles. The molecule has 0 bridgehead atoms. The standard InChI is InChI=1S/C31H54N4O5/c1-3-4-11-19-31(2,40-30-17-10-13-22-38-30)20-18-25-24(14-7-5-6-8-15-28-32-34-35-33-28)26(36)23-27(25)39-29-16-9-12-21-37-29/h5,7,24-27,29-30,36H,3-4,6,8-23H2,1-2H3,(H,32,33,34,35)/b7-5-. The van der Waals surface area contributed by atoms with Crippen molar-refractivity contribution in [3.8, 4) is 0 Å². The summed E-state index contributed by atoms with van der Waals surface area (Å²) in [7, 11) is 0. The van der Waals surface area contributed by atoms with Gasteiger partial charge in [0, 0.05) is 26.1 Å². The molecule has 3 fully saturated rings. The molecule has 2 saturated heterocycles. The van der Waals surface area contributed by atoms with E-state index in [0.29, 0.717) is 6.42 Å². The van der Waals surface area contributed by atoms with Gasteiger partial charge in [-0.1, -0.05) is 38.3 Å². The molecule has 1 aliphatic carbocycles. The predicted molar refractivity (Wildman–Crippen MR) is 153 cm³/mol. The highest BCUT2D eigenvalue weighted by atomic mass is 16.7. The summed E-state index contributed by atoms with van der Waals surface area (Å²) in [6.45, 7) is 6.10. The van der Waals surface area contributed by atoms with Crippen molar-refractivity contribution in [2.45, 2.75) is 153 Å². The fourth-order valence-electron chi connectivity index (χ4n) is 6.68. The third-order valence-electron chi connectivity index (χ3n) is 9.08. The maximum atomic E-state index is 11.2. The van der Waals surface area contributed by atoms with Crippen molar-refractivity contribution in [3.05, 3.63) is 18.0 Å². The number of aliphatic hydroxyl groups excluding tert-OH is 1. The fraction of sp³-hybridized carbons (Fsp3) is 0.903. The van der Waals surface area contributed by atoms with Gasteiger partial charge in [-0.15, -0.1) is 5.10 Å². The van der Waals surface area contributed by atoms with Crippen LogP contribution < -0.4 is 0 Å². The van der Waals surface area contributed by atoms with E-state index in [-0.39, 0.29) is 42.2 Å². The first kappa shape index (κ1) is 31.5. The molecule has 4 rings (SSSR count). The van der Waals surface area contributed by atoms with E-state index >= 15 is 0 Å². The molecule has 2 N–H and O–H groups in total. The van der Waals surface area contributed by atoms with Crippen LogP contribution >= 0.6 is 0 Å². The first-order valence-corrected chi connectivity index (χ1v) is 16.2. The molecule has 1 aromatic heterocycles. The van der Waals surface area contributed by atoms with Gasteiger partial charge in [0.2, 0.25) is 0 Å². The molecule has 3 heterocycles. The Balaban J connectivity index is 1.37. The topological polar surface area (TPSA) is 112 Å². The van der Waals surface area contributed by atoms with Crippen LogP contribution in [0.1, 0.15) is 122 Å². The van der Waals surface area contributed by atoms with E-state index in [1.165, 1.54) is 25.7 Å². The Morgan fingerprint density at radius 2 is 1.80 bits per heavy atom. The summed E-state index contributed by atoms with van der Waals surface area (Å²) in [5.74, 6) is 1.27. The van der Waals surface area contributed by atoms with Gasteiger partial charge in [-0.2, -0.15) is 0 Å². The second kappa shape index (κ2) is 16.9. The number of aromatic nitrogens is 4. The lowest BCUT2D eigenvalue weighted by atomic mass is 9.82. The summed E-state index contributed by atoms with van der Waals surface area (Å²) in [6, 6.07) is 0. The SMILES string of the molecule is CCCCCC(C)(CCC1C(OC2CCCCO2)CC(O)C1C/C=C\CCCc1nnn[nH]1)OC1CCCCO1. The average molecular weight is 563 g/mol. The Morgan fingerprint density at radius 3 is 2.50 bits per heavy atom. The number of nitrogens with zero attached hydrogens (tertiary/aromatic N) is 3. The van der Waals surface area contributed by atoms with Gasteiger partial charge < -0.3 is 24.1 Å². The number of aryl methyl sites for hydroxylation is 1. The van der Waals surface area contributed by atoms with Crippen molar-refractivity contribution in [1.82, 2.24) is 20.6 Å². The van der Waals surface area contributed by atoms with Crippen LogP contribution in [0.3, 0.4) is 0 Å². The summed E-state index contributed by atoms with van der Waals surface area (Å²) in [5.41, 5.74) is -0.230. The second-order valence-corrected chi connectivity index (χ2v) is 12.4. The monoisotopic (exact) mass is 562 g/mol. The third-order valence-corrected chi connectivity index (χ3v) is 9.08. The molecule has 7 unspecified atom stereocenters. The van der Waals surface area contributed by atoms with Gasteiger partial charge in [-0.3, -0.25) is 0 Å². The molecule has 7 atom stereocenters. The Morgan fingerprint density at radius 1 is 1.00 bits per heavy atom. The van der Waals surface area contributed by atoms with Crippen molar-refractivity contribution >= 4 is 0 Å². The van der Waals surface area contributed by atoms with Crippen LogP contribution in [0.15, 0.2) is 12.2 Å². The van der Waals surface area contributed by atoms with Gasteiger partial charge in [-0.25, -0.2) is 5.10 Å². The highest BCUT2D eigenvalue weighted by Crippen LogP contribution is 2.43. The number of H-pyrrole nitrogens is 1. The minimum atomic E-state index is -0.363. The van der Waals surface area contributed by atoms with E-state index in [1.807, 2.05) is 0 Å². The number of nitrogens with one attached hydrogen (secondary N) is 1. The highest BCUT2D eigenvalue weighted by molar-refractivity contribution is 4.98. The number of aliphatic hydroxyl groups is 1. The van der Waals surface area contributed by atoms with Crippen LogP contribution in [0.5, 0.6) is 0 Å². The van der Waals surface area contributed by atoms with E-state index in [1.54, 1.807) is 0 Å². The first-order valence-electron chi connectivity index (χ1n) is 16.2. The largest absolute Gasteiger partial charge is 0.393 e. The minimum Gasteiger partial charge on any atom is -0.393 e. The predicted octanol–water partition coefficient (Wildman–Crippen LogP) is 6.04. The maximum absolute atomic E-state index is 11.2. The lowest BCUT2D eigenvalue weighted by Crippen LogP contribution is -2.38. The van der Waals surface area contributed by atoms with E-state index < -0.39 is 0 Å². The van der Waals surface area contributed by atoms with Crippen molar-refractivity contribution in [2.24, 2.45) is 11.8 Å². The van der Waals surface area contributed by atoms with Crippen LogP contribution in [0.25, 0.3) is 0 Å². The van der Waals surface area contributed by atoms with Crippen molar-refractivity contribution in [3.63, 3.8) is 0 Å². The minimum absolute atomic E-state index is 0.0151. The highest BCUT2D eigenvalue weighted by Gasteiger charge is 2.44. The number of hydrogen-bond donors (Lipinski definition) is 2. The van der Waals surface area contributed by atoms with Crippen LogP contribution in [0.4, 0.5) is 0 Å². The molecule has 0 amide bonds. The van der Waals surface area contributed by atoms with Gasteiger partial charge in [0.05, 0.1) is 17.8 Å². The van der Waals surface area contributed by atoms with Crippen LogP contribution in [0, 0.1) is 11.8 Å². The molecule has 9 heteroatoms. The van der Waals surface area contributed by atoms with Gasteiger partial charge in [-0.05, 0) is 106 Å². The fourth-order valence-corrected chi connectivity index (χ4v) is 6.68. The summed E-state index contributed by atoms with van der Waals surface area (Å²) in [5, 5.41) is 25.3. The summed E-state index contributed by atoms with van der Waals surface area (Å²) in [6.07, 6.45) is 21.3. The molecule has 228 valence electrons. The van der Waals surface area contributed by atoms with Crippen LogP contribution in [0.2, 0.25) is 0 Å². The summed E-state index contributed by atoms with van der Waals surface area (Å²) < 4.78 is 25.2. The van der Waals surface area contributed by atoms with E-state index in [4.69, 9.17) is 18.9 Å². The Kier molecular flexibility index (Phi) is 13.3. The number of tetrazole rings is 1. The van der Waals surface area contributed by atoms with E-state index in [9.17, 15) is 5.11 Å². The van der Waals surface area contributed by atoms with Gasteiger partial charge >= 0.3 is 0 Å². The normalized spacial score (nSPS) is 31.1. The first-order chi connectivity index (χ1) is 19.6. The molecule has 9 nitrogen and oxygen atoms in total. The number of aromatic amines is 1. The third kappa shape index (κ3) is 10.2. The average Bonchev–Trinajstić information content (AvgIpc) is 3.58. The van der Waals surface area contributed by atoms with Crippen molar-refractivity contribution in [2.75, 3.05) is 13.2 Å².